The Bertz CT molecular complexity index is 519. The molecule has 1 saturated heterocycles. The molecule has 1 amide bonds. The molecule has 1 aromatic rings. The van der Waals surface area contributed by atoms with Gasteiger partial charge in [0.15, 0.2) is 0 Å². The van der Waals surface area contributed by atoms with E-state index in [1.165, 1.54) is 4.90 Å². The molecule has 0 radical (unpaired) electrons. The van der Waals surface area contributed by atoms with E-state index in [0.29, 0.717) is 19.4 Å². The van der Waals surface area contributed by atoms with Crippen LogP contribution in [0.25, 0.3) is 0 Å². The maximum absolute atomic E-state index is 12.6. The number of piperidine rings is 1. The third kappa shape index (κ3) is 2.24. The average Bonchev–Trinajstić information content (AvgIpc) is 2.90. The Labute approximate surface area is 117 Å². The Hall–Kier alpha value is -2.04. The first-order valence-electron chi connectivity index (χ1n) is 7.04. The summed E-state index contributed by atoms with van der Waals surface area (Å²) in [6.07, 6.45) is 2.95. The normalized spacial score (nSPS) is 24.9. The minimum absolute atomic E-state index is 0.0895. The van der Waals surface area contributed by atoms with Crippen molar-refractivity contribution in [2.45, 2.75) is 37.8 Å². The number of rotatable bonds is 2. The van der Waals surface area contributed by atoms with E-state index in [9.17, 15) is 14.7 Å². The van der Waals surface area contributed by atoms with Crippen molar-refractivity contribution in [1.29, 1.82) is 0 Å². The lowest BCUT2D eigenvalue weighted by Gasteiger charge is -2.34. The number of fused-ring (bicyclic) bond motifs is 1. The van der Waals surface area contributed by atoms with Gasteiger partial charge in [0.1, 0.15) is 12.1 Å². The van der Waals surface area contributed by atoms with Crippen molar-refractivity contribution in [1.82, 2.24) is 4.90 Å². The van der Waals surface area contributed by atoms with Gasteiger partial charge < -0.3 is 15.3 Å². The van der Waals surface area contributed by atoms with E-state index in [1.54, 1.807) is 0 Å². The Morgan fingerprint density at radius 1 is 1.25 bits per heavy atom. The topological polar surface area (TPSA) is 69.6 Å². The van der Waals surface area contributed by atoms with Crippen LogP contribution in [0.15, 0.2) is 24.3 Å². The molecule has 1 unspecified atom stereocenters. The van der Waals surface area contributed by atoms with Crippen molar-refractivity contribution in [2.75, 3.05) is 11.9 Å². The SMILES string of the molecule is O=C(O)[C@@H]1CCCCN1C(=O)C1Cc2ccccc2N1. The molecule has 0 saturated carbocycles. The third-order valence-corrected chi connectivity index (χ3v) is 4.14. The van der Waals surface area contributed by atoms with Crippen LogP contribution in [0.1, 0.15) is 24.8 Å². The number of para-hydroxylation sites is 1. The number of carbonyl (C=O) groups excluding carboxylic acids is 1. The van der Waals surface area contributed by atoms with E-state index < -0.39 is 12.0 Å². The van der Waals surface area contributed by atoms with Crippen LogP contribution in [0.3, 0.4) is 0 Å². The van der Waals surface area contributed by atoms with Crippen LogP contribution in [0.4, 0.5) is 5.69 Å². The van der Waals surface area contributed by atoms with E-state index in [2.05, 4.69) is 5.32 Å². The maximum atomic E-state index is 12.6. The highest BCUT2D eigenvalue weighted by Gasteiger charge is 2.37. The fourth-order valence-electron chi connectivity index (χ4n) is 3.10. The first-order valence-corrected chi connectivity index (χ1v) is 7.04. The zero-order valence-corrected chi connectivity index (χ0v) is 11.2. The lowest BCUT2D eigenvalue weighted by Crippen LogP contribution is -2.52. The predicted molar refractivity (Wildman–Crippen MR) is 74.5 cm³/mol. The van der Waals surface area contributed by atoms with Gasteiger partial charge in [-0.05, 0) is 30.9 Å². The van der Waals surface area contributed by atoms with Crippen LogP contribution in [-0.2, 0) is 16.0 Å². The van der Waals surface area contributed by atoms with E-state index in [4.69, 9.17) is 0 Å². The lowest BCUT2D eigenvalue weighted by molar-refractivity contribution is -0.152. The molecule has 2 heterocycles. The van der Waals surface area contributed by atoms with Gasteiger partial charge in [-0.2, -0.15) is 0 Å². The van der Waals surface area contributed by atoms with Gasteiger partial charge in [0.25, 0.3) is 0 Å². The fraction of sp³-hybridized carbons (Fsp3) is 0.467. The van der Waals surface area contributed by atoms with Crippen molar-refractivity contribution < 1.29 is 14.7 Å². The summed E-state index contributed by atoms with van der Waals surface area (Å²) >= 11 is 0. The first-order chi connectivity index (χ1) is 9.66. The van der Waals surface area contributed by atoms with Gasteiger partial charge >= 0.3 is 5.97 Å². The number of benzene rings is 1. The van der Waals surface area contributed by atoms with Gasteiger partial charge in [0.2, 0.25) is 5.91 Å². The summed E-state index contributed by atoms with van der Waals surface area (Å²) < 4.78 is 0. The van der Waals surface area contributed by atoms with Crippen molar-refractivity contribution in [3.05, 3.63) is 29.8 Å². The van der Waals surface area contributed by atoms with Crippen LogP contribution < -0.4 is 5.32 Å². The molecule has 1 aromatic carbocycles. The molecule has 2 aliphatic rings. The van der Waals surface area contributed by atoms with Crippen LogP contribution in [0.5, 0.6) is 0 Å². The Kier molecular flexibility index (Phi) is 3.34. The molecular formula is C15H18N2O3. The molecule has 2 aliphatic heterocycles. The minimum Gasteiger partial charge on any atom is -0.480 e. The van der Waals surface area contributed by atoms with E-state index in [-0.39, 0.29) is 11.9 Å². The van der Waals surface area contributed by atoms with E-state index in [0.717, 1.165) is 24.1 Å². The lowest BCUT2D eigenvalue weighted by atomic mass is 10.0. The summed E-state index contributed by atoms with van der Waals surface area (Å²) in [5.41, 5.74) is 2.10. The highest BCUT2D eigenvalue weighted by atomic mass is 16.4. The molecule has 2 N–H and O–H groups in total. The number of carboxylic acid groups (broad SMARTS) is 1. The zero-order valence-electron chi connectivity index (χ0n) is 11.2. The molecule has 3 rings (SSSR count). The van der Waals surface area contributed by atoms with Crippen molar-refractivity contribution in [2.24, 2.45) is 0 Å². The number of aliphatic carboxylic acids is 1. The summed E-state index contributed by atoms with van der Waals surface area (Å²) in [7, 11) is 0. The zero-order chi connectivity index (χ0) is 14.1. The van der Waals surface area contributed by atoms with Gasteiger partial charge in [-0.25, -0.2) is 4.79 Å². The Morgan fingerprint density at radius 3 is 2.80 bits per heavy atom. The Morgan fingerprint density at radius 2 is 2.05 bits per heavy atom. The summed E-state index contributed by atoms with van der Waals surface area (Å²) in [5.74, 6) is -0.984. The van der Waals surface area contributed by atoms with Gasteiger partial charge in [-0.15, -0.1) is 0 Å². The van der Waals surface area contributed by atoms with Crippen LogP contribution in [-0.4, -0.2) is 40.5 Å². The summed E-state index contributed by atoms with van der Waals surface area (Å²) in [5, 5.41) is 12.5. The largest absolute Gasteiger partial charge is 0.480 e. The van der Waals surface area contributed by atoms with Crippen molar-refractivity contribution in [3.8, 4) is 0 Å². The second kappa shape index (κ2) is 5.15. The summed E-state index contributed by atoms with van der Waals surface area (Å²) in [6.45, 7) is 0.546. The summed E-state index contributed by atoms with van der Waals surface area (Å²) in [6, 6.07) is 6.84. The van der Waals surface area contributed by atoms with E-state index >= 15 is 0 Å². The molecule has 5 nitrogen and oxygen atoms in total. The smallest absolute Gasteiger partial charge is 0.326 e. The molecule has 0 bridgehead atoms. The Balaban J connectivity index is 1.75. The second-order valence-corrected chi connectivity index (χ2v) is 5.44. The van der Waals surface area contributed by atoms with Crippen LogP contribution in [0, 0.1) is 0 Å². The number of likely N-dealkylation sites (tertiary alicyclic amines) is 1. The first kappa shape index (κ1) is 13.0. The van der Waals surface area contributed by atoms with Crippen molar-refractivity contribution in [3.63, 3.8) is 0 Å². The molecule has 106 valence electrons. The van der Waals surface area contributed by atoms with Crippen LogP contribution in [0.2, 0.25) is 0 Å². The number of nitrogens with one attached hydrogen (secondary N) is 1. The molecule has 2 atom stereocenters. The number of carboxylic acids is 1. The molecular weight excluding hydrogens is 256 g/mol. The standard InChI is InChI=1S/C15H18N2O3/c18-14(17-8-4-3-7-13(17)15(19)20)12-9-10-5-1-2-6-11(10)16-12/h1-2,5-6,12-13,16H,3-4,7-9H2,(H,19,20)/t12?,13-/m0/s1. The van der Waals surface area contributed by atoms with Gasteiger partial charge in [0, 0.05) is 18.7 Å². The molecule has 0 aliphatic carbocycles. The van der Waals surface area contributed by atoms with Crippen LogP contribution >= 0.6 is 0 Å². The molecule has 1 fully saturated rings. The molecule has 5 heteroatoms. The number of hydrogen-bond donors (Lipinski definition) is 2. The second-order valence-electron chi connectivity index (χ2n) is 5.44. The molecule has 0 spiro atoms. The number of carbonyl (C=O) groups is 2. The fourth-order valence-corrected chi connectivity index (χ4v) is 3.10. The van der Waals surface area contributed by atoms with Gasteiger partial charge in [-0.3, -0.25) is 4.79 Å². The monoisotopic (exact) mass is 274 g/mol. The van der Waals surface area contributed by atoms with Gasteiger partial charge in [0.05, 0.1) is 0 Å². The predicted octanol–water partition coefficient (Wildman–Crippen LogP) is 1.49. The van der Waals surface area contributed by atoms with E-state index in [1.807, 2.05) is 24.3 Å². The minimum atomic E-state index is -0.895. The quantitative estimate of drug-likeness (QED) is 0.857. The highest BCUT2D eigenvalue weighted by molar-refractivity contribution is 5.90. The maximum Gasteiger partial charge on any atom is 0.326 e. The number of hydrogen-bond acceptors (Lipinski definition) is 3. The number of amides is 1. The average molecular weight is 274 g/mol. The van der Waals surface area contributed by atoms with Crippen molar-refractivity contribution >= 4 is 17.6 Å². The highest BCUT2D eigenvalue weighted by Crippen LogP contribution is 2.27. The third-order valence-electron chi connectivity index (χ3n) is 4.14. The molecule has 0 aromatic heterocycles. The van der Waals surface area contributed by atoms with Gasteiger partial charge in [-0.1, -0.05) is 18.2 Å². The molecule has 20 heavy (non-hydrogen) atoms. The number of anilines is 1. The summed E-state index contributed by atoms with van der Waals surface area (Å²) in [4.78, 5) is 25.4. The number of nitrogens with zero attached hydrogens (tertiary/aromatic N) is 1.